The van der Waals surface area contributed by atoms with Crippen LogP contribution in [0.25, 0.3) is 10.9 Å². The molecule has 3 rings (SSSR count). The molecule has 0 spiro atoms. The van der Waals surface area contributed by atoms with Crippen molar-refractivity contribution in [3.8, 4) is 0 Å². The molecule has 0 amide bonds. The van der Waals surface area contributed by atoms with Crippen LogP contribution in [0.2, 0.25) is 0 Å². The minimum atomic E-state index is -0.478. The minimum absolute atomic E-state index is 0.0770. The average molecular weight is 232 g/mol. The summed E-state index contributed by atoms with van der Waals surface area (Å²) in [6.07, 6.45) is 1.70. The largest absolute Gasteiger partial charge is 0.368 e. The third-order valence-electron chi connectivity index (χ3n) is 3.09. The summed E-state index contributed by atoms with van der Waals surface area (Å²) in [7, 11) is 0. The highest BCUT2D eigenvalue weighted by atomic mass is 19.1. The molecule has 17 heavy (non-hydrogen) atoms. The second-order valence-electron chi connectivity index (χ2n) is 4.12. The predicted octanol–water partition coefficient (Wildman–Crippen LogP) is 1.78. The van der Waals surface area contributed by atoms with Crippen molar-refractivity contribution in [2.24, 2.45) is 0 Å². The van der Waals surface area contributed by atoms with Crippen LogP contribution in [0.1, 0.15) is 1.37 Å². The summed E-state index contributed by atoms with van der Waals surface area (Å²) in [6, 6.07) is 4.90. The first-order chi connectivity index (χ1) is 8.77. The first-order valence-corrected chi connectivity index (χ1v) is 5.77. The summed E-state index contributed by atoms with van der Waals surface area (Å²) in [5, 5.41) is 3.74. The van der Waals surface area contributed by atoms with Gasteiger partial charge in [-0.3, -0.25) is 4.98 Å². The van der Waals surface area contributed by atoms with E-state index in [1.807, 2.05) is 6.07 Å². The van der Waals surface area contributed by atoms with Gasteiger partial charge in [-0.2, -0.15) is 0 Å². The van der Waals surface area contributed by atoms with E-state index in [9.17, 15) is 4.39 Å². The standard InChI is InChI=1S/C13H14FN3/c14-10-2-1-3-11-13(10)12(4-5-16-11)17-8-6-15-7-9-17/h1-5,15H,6-9H2/i2D. The Balaban J connectivity index is 2.18. The molecule has 1 aromatic heterocycles. The van der Waals surface area contributed by atoms with Crippen LogP contribution in [0.15, 0.2) is 30.4 Å². The van der Waals surface area contributed by atoms with Gasteiger partial charge in [0, 0.05) is 32.4 Å². The molecule has 3 nitrogen and oxygen atoms in total. The Kier molecular flexibility index (Phi) is 2.37. The normalized spacial score (nSPS) is 17.2. The van der Waals surface area contributed by atoms with E-state index in [2.05, 4.69) is 15.2 Å². The highest BCUT2D eigenvalue weighted by molar-refractivity contribution is 5.92. The van der Waals surface area contributed by atoms with Crippen LogP contribution in [0.5, 0.6) is 0 Å². The zero-order valence-corrected chi connectivity index (χ0v) is 9.41. The molecule has 2 aromatic rings. The van der Waals surface area contributed by atoms with Crippen molar-refractivity contribution in [1.82, 2.24) is 10.3 Å². The first-order valence-electron chi connectivity index (χ1n) is 6.27. The number of anilines is 1. The predicted molar refractivity (Wildman–Crippen MR) is 66.8 cm³/mol. The Morgan fingerprint density at radius 1 is 1.35 bits per heavy atom. The SMILES string of the molecule is [2H]c1ccc2nccc(N3CCNCC3)c2c1F. The number of hydrogen-bond donors (Lipinski definition) is 1. The molecule has 0 aliphatic carbocycles. The lowest BCUT2D eigenvalue weighted by atomic mass is 10.1. The van der Waals surface area contributed by atoms with Gasteiger partial charge in [0.15, 0.2) is 0 Å². The van der Waals surface area contributed by atoms with Gasteiger partial charge in [0.2, 0.25) is 0 Å². The van der Waals surface area contributed by atoms with E-state index in [4.69, 9.17) is 1.37 Å². The van der Waals surface area contributed by atoms with E-state index >= 15 is 0 Å². The molecular weight excluding hydrogens is 217 g/mol. The number of piperazine rings is 1. The number of halogens is 1. The molecule has 1 aromatic carbocycles. The van der Waals surface area contributed by atoms with Gasteiger partial charge in [0.1, 0.15) is 5.82 Å². The van der Waals surface area contributed by atoms with E-state index in [1.165, 1.54) is 6.07 Å². The van der Waals surface area contributed by atoms with Gasteiger partial charge < -0.3 is 10.2 Å². The van der Waals surface area contributed by atoms with Crippen LogP contribution >= 0.6 is 0 Å². The fourth-order valence-corrected chi connectivity index (χ4v) is 2.25. The van der Waals surface area contributed by atoms with Crippen molar-refractivity contribution in [3.05, 3.63) is 36.3 Å². The van der Waals surface area contributed by atoms with Crippen molar-refractivity contribution in [2.75, 3.05) is 31.1 Å². The van der Waals surface area contributed by atoms with Gasteiger partial charge in [-0.15, -0.1) is 0 Å². The van der Waals surface area contributed by atoms with Gasteiger partial charge in [-0.1, -0.05) is 6.07 Å². The summed E-state index contributed by atoms with van der Waals surface area (Å²) in [5.74, 6) is -0.478. The van der Waals surface area contributed by atoms with E-state index < -0.39 is 5.82 Å². The molecule has 1 saturated heterocycles. The highest BCUT2D eigenvalue weighted by Gasteiger charge is 2.15. The molecule has 1 aliphatic heterocycles. The van der Waals surface area contributed by atoms with E-state index in [0.717, 1.165) is 31.9 Å². The number of benzene rings is 1. The number of hydrogen-bond acceptors (Lipinski definition) is 3. The maximum Gasteiger partial charge on any atom is 0.134 e. The minimum Gasteiger partial charge on any atom is -0.368 e. The Hall–Kier alpha value is -1.68. The van der Waals surface area contributed by atoms with Crippen LogP contribution in [0, 0.1) is 5.82 Å². The monoisotopic (exact) mass is 232 g/mol. The van der Waals surface area contributed by atoms with Crippen molar-refractivity contribution in [3.63, 3.8) is 0 Å². The van der Waals surface area contributed by atoms with E-state index in [0.29, 0.717) is 10.9 Å². The number of nitrogens with zero attached hydrogens (tertiary/aromatic N) is 2. The molecule has 0 unspecified atom stereocenters. The van der Waals surface area contributed by atoms with Crippen LogP contribution in [0.3, 0.4) is 0 Å². The Morgan fingerprint density at radius 2 is 2.18 bits per heavy atom. The van der Waals surface area contributed by atoms with E-state index in [-0.39, 0.29) is 6.04 Å². The molecule has 1 fully saturated rings. The van der Waals surface area contributed by atoms with Gasteiger partial charge in [0.05, 0.1) is 18.0 Å². The number of rotatable bonds is 1. The topological polar surface area (TPSA) is 28.2 Å². The second-order valence-corrected chi connectivity index (χ2v) is 4.12. The molecule has 1 aliphatic rings. The number of aromatic nitrogens is 1. The summed E-state index contributed by atoms with van der Waals surface area (Å²) in [5.41, 5.74) is 1.45. The third-order valence-corrected chi connectivity index (χ3v) is 3.09. The van der Waals surface area contributed by atoms with E-state index in [1.54, 1.807) is 12.3 Å². The fraction of sp³-hybridized carbons (Fsp3) is 0.308. The molecule has 2 heterocycles. The van der Waals surface area contributed by atoms with Crippen LogP contribution in [-0.4, -0.2) is 31.2 Å². The maximum absolute atomic E-state index is 14.1. The first kappa shape index (κ1) is 9.36. The third kappa shape index (κ3) is 1.85. The molecule has 88 valence electrons. The Bertz CT molecular complexity index is 582. The summed E-state index contributed by atoms with van der Waals surface area (Å²) in [4.78, 5) is 6.31. The molecule has 1 N–H and O–H groups in total. The zero-order chi connectivity index (χ0) is 12.5. The molecule has 0 bridgehead atoms. The summed E-state index contributed by atoms with van der Waals surface area (Å²) in [6.45, 7) is 3.49. The molecular formula is C13H14FN3. The Labute approximate surface area is 101 Å². The van der Waals surface area contributed by atoms with Crippen LogP contribution in [0.4, 0.5) is 10.1 Å². The molecule has 0 radical (unpaired) electrons. The van der Waals surface area contributed by atoms with Gasteiger partial charge in [-0.05, 0) is 18.2 Å². The number of nitrogens with one attached hydrogen (secondary N) is 1. The van der Waals surface area contributed by atoms with Crippen LogP contribution < -0.4 is 10.2 Å². The van der Waals surface area contributed by atoms with Gasteiger partial charge in [0.25, 0.3) is 0 Å². The smallest absolute Gasteiger partial charge is 0.134 e. The van der Waals surface area contributed by atoms with Crippen molar-refractivity contribution < 1.29 is 5.76 Å². The lowest BCUT2D eigenvalue weighted by molar-refractivity contribution is 0.588. The van der Waals surface area contributed by atoms with Crippen molar-refractivity contribution in [2.45, 2.75) is 0 Å². The lowest BCUT2D eigenvalue weighted by Crippen LogP contribution is -2.43. The zero-order valence-electron chi connectivity index (χ0n) is 10.4. The quantitative estimate of drug-likeness (QED) is 0.812. The molecule has 0 atom stereocenters. The summed E-state index contributed by atoms with van der Waals surface area (Å²) >= 11 is 0. The fourth-order valence-electron chi connectivity index (χ4n) is 2.25. The van der Waals surface area contributed by atoms with Crippen LogP contribution in [-0.2, 0) is 0 Å². The van der Waals surface area contributed by atoms with Crippen molar-refractivity contribution in [1.29, 1.82) is 0 Å². The van der Waals surface area contributed by atoms with Gasteiger partial charge >= 0.3 is 0 Å². The van der Waals surface area contributed by atoms with Crippen molar-refractivity contribution >= 4 is 16.6 Å². The highest BCUT2D eigenvalue weighted by Crippen LogP contribution is 2.27. The summed E-state index contributed by atoms with van der Waals surface area (Å²) < 4.78 is 21.7. The Morgan fingerprint density at radius 3 is 3.00 bits per heavy atom. The van der Waals surface area contributed by atoms with Gasteiger partial charge in [-0.25, -0.2) is 4.39 Å². The molecule has 4 heteroatoms. The molecule has 0 saturated carbocycles. The maximum atomic E-state index is 14.1. The average Bonchev–Trinajstić information content (AvgIpc) is 2.43. The number of fused-ring (bicyclic) bond motifs is 1. The number of pyridine rings is 1. The lowest BCUT2D eigenvalue weighted by Gasteiger charge is -2.30. The second kappa shape index (κ2) is 4.30.